The van der Waals surface area contributed by atoms with Crippen LogP contribution >= 0.6 is 0 Å². The topological polar surface area (TPSA) is 63.9 Å². The van der Waals surface area contributed by atoms with Gasteiger partial charge in [0, 0.05) is 26.1 Å². The summed E-state index contributed by atoms with van der Waals surface area (Å²) in [4.78, 5) is 2.27. The highest BCUT2D eigenvalue weighted by Gasteiger charge is 2.51. The summed E-state index contributed by atoms with van der Waals surface area (Å²) in [7, 11) is 0. The molecule has 6 heteroatoms. The molecule has 4 nitrogen and oxygen atoms in total. The highest BCUT2D eigenvalue weighted by Crippen LogP contribution is 2.59. The van der Waals surface area contributed by atoms with E-state index in [2.05, 4.69) is 37.5 Å². The molecule has 6 atom stereocenters. The molecule has 0 spiro atoms. The number of piperidine rings is 1. The van der Waals surface area contributed by atoms with Gasteiger partial charge in [0.1, 0.15) is 5.60 Å². The van der Waals surface area contributed by atoms with Crippen molar-refractivity contribution in [2.45, 2.75) is 95.9 Å². The number of allylic oxidation sites excluding steroid dienone is 3. The first-order chi connectivity index (χ1) is 16.0. The molecule has 0 bridgehead atoms. The number of hydrogen-bond donors (Lipinski definition) is 3. The number of halogens is 2. The van der Waals surface area contributed by atoms with Gasteiger partial charge in [-0.15, -0.1) is 0 Å². The van der Waals surface area contributed by atoms with E-state index in [9.17, 15) is 24.1 Å². The van der Waals surface area contributed by atoms with Crippen LogP contribution < -0.4 is 0 Å². The second-order valence-corrected chi connectivity index (χ2v) is 11.8. The number of fused-ring (bicyclic) bond motifs is 1. The van der Waals surface area contributed by atoms with E-state index in [1.165, 1.54) is 31.3 Å². The molecule has 0 amide bonds. The summed E-state index contributed by atoms with van der Waals surface area (Å²) in [5.41, 5.74) is 1.61. The molecule has 34 heavy (non-hydrogen) atoms. The Labute approximate surface area is 203 Å². The van der Waals surface area contributed by atoms with Gasteiger partial charge in [0.15, 0.2) is 0 Å². The van der Waals surface area contributed by atoms with Gasteiger partial charge in [-0.3, -0.25) is 0 Å². The predicted molar refractivity (Wildman–Crippen MR) is 131 cm³/mol. The van der Waals surface area contributed by atoms with Crippen LogP contribution in [0.2, 0.25) is 0 Å². The van der Waals surface area contributed by atoms with Crippen LogP contribution in [0.25, 0.3) is 0 Å². The fraction of sp³-hybridized carbons (Fsp3) is 0.786. The number of alkyl halides is 2. The van der Waals surface area contributed by atoms with Gasteiger partial charge in [-0.2, -0.15) is 0 Å². The van der Waals surface area contributed by atoms with E-state index in [4.69, 9.17) is 0 Å². The molecule has 4 rings (SSSR count). The van der Waals surface area contributed by atoms with E-state index >= 15 is 0 Å². The molecule has 3 aliphatic carbocycles. The van der Waals surface area contributed by atoms with Crippen LogP contribution in [0.15, 0.2) is 35.5 Å². The van der Waals surface area contributed by atoms with Crippen molar-refractivity contribution in [2.24, 2.45) is 23.2 Å². The van der Waals surface area contributed by atoms with E-state index in [1.807, 2.05) is 0 Å². The van der Waals surface area contributed by atoms with E-state index < -0.39 is 24.2 Å². The third-order valence-electron chi connectivity index (χ3n) is 9.66. The Kier molecular flexibility index (Phi) is 7.74. The minimum absolute atomic E-state index is 0.151. The first kappa shape index (κ1) is 26.0. The molecule has 3 saturated carbocycles. The lowest BCUT2D eigenvalue weighted by atomic mass is 9.61. The van der Waals surface area contributed by atoms with Crippen molar-refractivity contribution in [3.8, 4) is 0 Å². The Bertz CT molecular complexity index is 816. The van der Waals surface area contributed by atoms with Crippen molar-refractivity contribution in [1.82, 2.24) is 4.90 Å². The average molecular weight is 480 g/mol. The van der Waals surface area contributed by atoms with Gasteiger partial charge in [0.2, 0.25) is 0 Å². The van der Waals surface area contributed by atoms with Crippen molar-refractivity contribution in [1.29, 1.82) is 0 Å². The van der Waals surface area contributed by atoms with E-state index in [0.717, 1.165) is 24.1 Å². The van der Waals surface area contributed by atoms with Crippen molar-refractivity contribution < 1.29 is 24.1 Å². The van der Waals surface area contributed by atoms with Gasteiger partial charge >= 0.3 is 0 Å². The molecule has 1 aliphatic heterocycles. The molecular formula is C28H43F2NO3. The number of aliphatic hydroxyl groups is 3. The highest BCUT2D eigenvalue weighted by molar-refractivity contribution is 5.38. The summed E-state index contributed by atoms with van der Waals surface area (Å²) in [5.74, 6) is 1.62. The molecule has 192 valence electrons. The van der Waals surface area contributed by atoms with Gasteiger partial charge in [-0.25, -0.2) is 8.78 Å². The summed E-state index contributed by atoms with van der Waals surface area (Å²) in [6.45, 7) is 10.8. The number of nitrogens with zero attached hydrogens (tertiary/aromatic N) is 1. The maximum absolute atomic E-state index is 13.1. The minimum atomic E-state index is -2.67. The zero-order valence-corrected chi connectivity index (χ0v) is 20.9. The van der Waals surface area contributed by atoms with Gasteiger partial charge < -0.3 is 20.2 Å². The number of likely N-dealkylation sites (tertiary alicyclic amines) is 1. The van der Waals surface area contributed by atoms with Crippen LogP contribution in [0.1, 0.15) is 71.6 Å². The molecule has 0 aromatic heterocycles. The third-order valence-corrected chi connectivity index (χ3v) is 9.66. The van der Waals surface area contributed by atoms with E-state index in [-0.39, 0.29) is 18.3 Å². The molecule has 1 saturated heterocycles. The summed E-state index contributed by atoms with van der Waals surface area (Å²) in [5, 5.41) is 30.3. The zero-order valence-electron chi connectivity index (χ0n) is 20.9. The average Bonchev–Trinajstić information content (AvgIpc) is 3.14. The maximum atomic E-state index is 13.1. The van der Waals surface area contributed by atoms with Crippen LogP contribution in [0.5, 0.6) is 0 Å². The monoisotopic (exact) mass is 479 g/mol. The minimum Gasteiger partial charge on any atom is -0.393 e. The lowest BCUT2D eigenvalue weighted by molar-refractivity contribution is -0.128. The Balaban J connectivity index is 1.42. The van der Waals surface area contributed by atoms with Gasteiger partial charge in [0.05, 0.1) is 12.2 Å². The Morgan fingerprint density at radius 1 is 1.15 bits per heavy atom. The third kappa shape index (κ3) is 5.07. The van der Waals surface area contributed by atoms with Crippen molar-refractivity contribution in [3.63, 3.8) is 0 Å². The maximum Gasteiger partial charge on any atom is 0.266 e. The molecule has 0 aromatic carbocycles. The van der Waals surface area contributed by atoms with Crippen LogP contribution in [0, 0.1) is 23.2 Å². The molecule has 4 aliphatic rings. The summed E-state index contributed by atoms with van der Waals surface area (Å²) in [6.07, 6.45) is 7.57. The Morgan fingerprint density at radius 3 is 2.53 bits per heavy atom. The normalized spacial score (nSPS) is 40.2. The Morgan fingerprint density at radius 2 is 1.85 bits per heavy atom. The molecule has 0 aromatic rings. The summed E-state index contributed by atoms with van der Waals surface area (Å²) < 4.78 is 26.3. The van der Waals surface area contributed by atoms with Crippen molar-refractivity contribution in [3.05, 3.63) is 35.5 Å². The van der Waals surface area contributed by atoms with Crippen LogP contribution in [-0.2, 0) is 0 Å². The standard InChI is InChI=1S/C28H43F2NO3/c1-18(17-31-13-11-28(34,12-14-31)26(29)30)23-8-9-24-20(5-4-10-27(23,24)3)6-7-21-15-22(32)16-25(33)19(21)2/h6-7,18,22-26,32-34H,2,4-5,8-17H2,1,3H3/b20-6+,21-7-/t18-,22-,23-,24+,25+,27-/m1/s1. The fourth-order valence-corrected chi connectivity index (χ4v) is 7.55. The smallest absolute Gasteiger partial charge is 0.266 e. The SMILES string of the molecule is C=C1/C(=C\C=C2/CCC[C@]3(C)[C@@H]([C@H](C)CN4CCC(O)(C(F)F)CC4)CC[C@@H]23)C[C@@H](O)C[C@@H]1O. The highest BCUT2D eigenvalue weighted by atomic mass is 19.3. The lowest BCUT2D eigenvalue weighted by Crippen LogP contribution is -2.50. The molecule has 0 radical (unpaired) electrons. The van der Waals surface area contributed by atoms with Crippen LogP contribution in [-0.4, -0.2) is 64.1 Å². The molecule has 3 N–H and O–H groups in total. The molecule has 4 fully saturated rings. The van der Waals surface area contributed by atoms with E-state index in [1.54, 1.807) is 0 Å². The predicted octanol–water partition coefficient (Wildman–Crippen LogP) is 4.86. The van der Waals surface area contributed by atoms with Crippen LogP contribution in [0.3, 0.4) is 0 Å². The van der Waals surface area contributed by atoms with Crippen molar-refractivity contribution in [2.75, 3.05) is 19.6 Å². The zero-order chi connectivity index (χ0) is 24.7. The largest absolute Gasteiger partial charge is 0.393 e. The number of hydrogen-bond acceptors (Lipinski definition) is 4. The summed E-state index contributed by atoms with van der Waals surface area (Å²) in [6, 6.07) is 0. The fourth-order valence-electron chi connectivity index (χ4n) is 7.55. The Hall–Kier alpha value is -1.08. The van der Waals surface area contributed by atoms with Gasteiger partial charge in [-0.1, -0.05) is 38.2 Å². The lowest BCUT2D eigenvalue weighted by Gasteiger charge is -2.46. The molecular weight excluding hydrogens is 436 g/mol. The number of rotatable bonds is 5. The quantitative estimate of drug-likeness (QED) is 0.527. The first-order valence-corrected chi connectivity index (χ1v) is 13.2. The second-order valence-electron chi connectivity index (χ2n) is 11.8. The van der Waals surface area contributed by atoms with Gasteiger partial charge in [-0.05, 0) is 85.7 Å². The first-order valence-electron chi connectivity index (χ1n) is 13.2. The van der Waals surface area contributed by atoms with E-state index in [0.29, 0.717) is 43.7 Å². The second kappa shape index (κ2) is 10.1. The molecule has 0 unspecified atom stereocenters. The van der Waals surface area contributed by atoms with Crippen molar-refractivity contribution >= 4 is 0 Å². The van der Waals surface area contributed by atoms with Crippen LogP contribution in [0.4, 0.5) is 8.78 Å². The number of aliphatic hydroxyl groups excluding tert-OH is 2. The molecule has 1 heterocycles. The summed E-state index contributed by atoms with van der Waals surface area (Å²) >= 11 is 0. The van der Waals surface area contributed by atoms with Gasteiger partial charge in [0.25, 0.3) is 6.43 Å².